The normalized spacial score (nSPS) is 17.0. The highest BCUT2D eigenvalue weighted by Gasteiger charge is 2.33. The largest absolute Gasteiger partial charge is 0.416 e. The standard InChI is InChI=1S/C21H16ClF3N4O2S/c1-31-11-26-20-28-19(30)18(32-20)7-12-2-5-17-14(6-12)9-27-29(17)10-13-3-4-15(22)8-16(13)21(23,24)25/h2-9H,10-11H2,1H3,(H,26,28,30). The summed E-state index contributed by atoms with van der Waals surface area (Å²) in [6.45, 7) is 0.0816. The van der Waals surface area contributed by atoms with Crippen molar-refractivity contribution < 1.29 is 22.7 Å². The average Bonchev–Trinajstić information content (AvgIpc) is 3.30. The second-order valence-corrected chi connectivity index (χ2v) is 8.33. The molecule has 32 heavy (non-hydrogen) atoms. The van der Waals surface area contributed by atoms with Crippen LogP contribution in [-0.4, -0.2) is 34.7 Å². The molecule has 2 heterocycles. The number of hydrogen-bond donors (Lipinski definition) is 1. The first-order valence-corrected chi connectivity index (χ1v) is 10.5. The topological polar surface area (TPSA) is 68.5 Å². The lowest BCUT2D eigenvalue weighted by molar-refractivity contribution is -0.138. The van der Waals surface area contributed by atoms with Gasteiger partial charge in [-0.05, 0) is 53.2 Å². The molecule has 1 saturated heterocycles. The molecule has 1 fully saturated rings. The van der Waals surface area contributed by atoms with Crippen molar-refractivity contribution in [1.29, 1.82) is 0 Å². The summed E-state index contributed by atoms with van der Waals surface area (Å²) in [5.41, 5.74) is 0.705. The number of hydrogen-bond acceptors (Lipinski definition) is 5. The van der Waals surface area contributed by atoms with E-state index in [4.69, 9.17) is 16.3 Å². The molecule has 0 aliphatic carbocycles. The predicted octanol–water partition coefficient (Wildman–Crippen LogP) is 4.92. The van der Waals surface area contributed by atoms with Gasteiger partial charge in [-0.3, -0.25) is 9.48 Å². The van der Waals surface area contributed by atoms with Crippen LogP contribution in [0.25, 0.3) is 17.0 Å². The zero-order valence-corrected chi connectivity index (χ0v) is 18.2. The monoisotopic (exact) mass is 480 g/mol. The Balaban J connectivity index is 1.61. The van der Waals surface area contributed by atoms with Crippen LogP contribution in [0.2, 0.25) is 5.02 Å². The first-order chi connectivity index (χ1) is 15.2. The number of fused-ring (bicyclic) bond motifs is 1. The summed E-state index contributed by atoms with van der Waals surface area (Å²) >= 11 is 6.96. The number of amidine groups is 1. The van der Waals surface area contributed by atoms with E-state index in [0.29, 0.717) is 15.6 Å². The quantitative estimate of drug-likeness (QED) is 0.526. The highest BCUT2D eigenvalue weighted by molar-refractivity contribution is 8.18. The van der Waals surface area contributed by atoms with Gasteiger partial charge in [0.1, 0.15) is 6.73 Å². The van der Waals surface area contributed by atoms with Gasteiger partial charge in [-0.1, -0.05) is 23.7 Å². The Labute approximate surface area is 190 Å². The van der Waals surface area contributed by atoms with E-state index < -0.39 is 11.7 Å². The lowest BCUT2D eigenvalue weighted by Crippen LogP contribution is -2.20. The van der Waals surface area contributed by atoms with Crippen molar-refractivity contribution in [2.75, 3.05) is 13.8 Å². The molecule has 4 rings (SSSR count). The van der Waals surface area contributed by atoms with E-state index in [1.54, 1.807) is 24.4 Å². The number of carbonyl (C=O) groups excluding carboxylic acids is 1. The molecule has 11 heteroatoms. The number of alkyl halides is 3. The molecule has 1 amide bonds. The minimum Gasteiger partial charge on any atom is -0.362 e. The predicted molar refractivity (Wildman–Crippen MR) is 118 cm³/mol. The van der Waals surface area contributed by atoms with Gasteiger partial charge in [0.05, 0.1) is 28.7 Å². The molecule has 0 radical (unpaired) electrons. The number of ether oxygens (including phenoxy) is 1. The van der Waals surface area contributed by atoms with E-state index in [1.807, 2.05) is 6.07 Å². The van der Waals surface area contributed by atoms with Crippen LogP contribution in [0.4, 0.5) is 13.2 Å². The second kappa shape index (κ2) is 8.97. The number of nitrogens with zero attached hydrogens (tertiary/aromatic N) is 3. The summed E-state index contributed by atoms with van der Waals surface area (Å²) in [5.74, 6) is -0.261. The molecule has 0 unspecified atom stereocenters. The average molecular weight is 481 g/mol. The number of benzene rings is 2. The zero-order chi connectivity index (χ0) is 22.9. The van der Waals surface area contributed by atoms with Crippen LogP contribution in [0.3, 0.4) is 0 Å². The molecule has 3 aromatic rings. The zero-order valence-electron chi connectivity index (χ0n) is 16.6. The van der Waals surface area contributed by atoms with Gasteiger partial charge in [-0.2, -0.15) is 18.3 Å². The SMILES string of the molecule is COCN=C1NC(=O)C(=Cc2ccc3c(cnn3Cc3ccc(Cl)cc3C(F)(F)F)c2)S1. The maximum absolute atomic E-state index is 13.4. The summed E-state index contributed by atoms with van der Waals surface area (Å²) in [5, 5.41) is 8.12. The maximum Gasteiger partial charge on any atom is 0.416 e. The number of methoxy groups -OCH3 is 1. The third kappa shape index (κ3) is 4.82. The molecule has 2 aromatic carbocycles. The van der Waals surface area contributed by atoms with Crippen molar-refractivity contribution in [2.45, 2.75) is 12.7 Å². The van der Waals surface area contributed by atoms with Gasteiger partial charge >= 0.3 is 6.18 Å². The van der Waals surface area contributed by atoms with E-state index in [2.05, 4.69) is 15.4 Å². The third-order valence-corrected chi connectivity index (χ3v) is 5.83. The highest BCUT2D eigenvalue weighted by Crippen LogP contribution is 2.34. The molecular weight excluding hydrogens is 465 g/mol. The summed E-state index contributed by atoms with van der Waals surface area (Å²) in [7, 11) is 1.51. The molecule has 6 nitrogen and oxygen atoms in total. The Hall–Kier alpha value is -2.82. The molecule has 0 saturated carbocycles. The van der Waals surface area contributed by atoms with Crippen LogP contribution in [0, 0.1) is 0 Å². The van der Waals surface area contributed by atoms with Gasteiger partial charge < -0.3 is 10.1 Å². The van der Waals surface area contributed by atoms with Crippen LogP contribution in [0.15, 0.2) is 52.5 Å². The van der Waals surface area contributed by atoms with Crippen LogP contribution < -0.4 is 5.32 Å². The Morgan fingerprint density at radius 1 is 1.28 bits per heavy atom. The van der Waals surface area contributed by atoms with Crippen LogP contribution >= 0.6 is 23.4 Å². The summed E-state index contributed by atoms with van der Waals surface area (Å²) < 4.78 is 46.6. The molecule has 1 aliphatic rings. The maximum atomic E-state index is 13.4. The first kappa shape index (κ1) is 22.4. The van der Waals surface area contributed by atoms with Crippen LogP contribution in [0.5, 0.6) is 0 Å². The number of halogens is 4. The van der Waals surface area contributed by atoms with E-state index in [1.165, 1.54) is 35.7 Å². The Morgan fingerprint density at radius 3 is 2.84 bits per heavy atom. The number of carbonyl (C=O) groups is 1. The summed E-state index contributed by atoms with van der Waals surface area (Å²) in [4.78, 5) is 16.7. The number of thioether (sulfide) groups is 1. The van der Waals surface area contributed by atoms with Crippen LogP contribution in [0.1, 0.15) is 16.7 Å². The third-order valence-electron chi connectivity index (χ3n) is 4.65. The van der Waals surface area contributed by atoms with Crippen molar-refractivity contribution in [2.24, 2.45) is 4.99 Å². The fraction of sp³-hybridized carbons (Fsp3) is 0.190. The first-order valence-electron chi connectivity index (χ1n) is 9.30. The van der Waals surface area contributed by atoms with Gasteiger partial charge in [-0.25, -0.2) is 4.99 Å². The lowest BCUT2D eigenvalue weighted by Gasteiger charge is -2.14. The summed E-state index contributed by atoms with van der Waals surface area (Å²) in [6.07, 6.45) is -1.23. The minimum atomic E-state index is -4.52. The Bertz CT molecular complexity index is 1250. The fourth-order valence-electron chi connectivity index (χ4n) is 3.21. The van der Waals surface area contributed by atoms with E-state index in [9.17, 15) is 18.0 Å². The van der Waals surface area contributed by atoms with Gasteiger partial charge in [-0.15, -0.1) is 0 Å². The van der Waals surface area contributed by atoms with Gasteiger partial charge in [0, 0.05) is 17.5 Å². The number of nitrogens with one attached hydrogen (secondary N) is 1. The molecule has 0 spiro atoms. The Kier molecular flexibility index (Phi) is 6.27. The summed E-state index contributed by atoms with van der Waals surface area (Å²) in [6, 6.07) is 9.05. The van der Waals surface area contributed by atoms with E-state index in [-0.39, 0.29) is 29.8 Å². The number of aliphatic imine (C=N–C) groups is 1. The number of aromatic nitrogens is 2. The van der Waals surface area contributed by atoms with E-state index in [0.717, 1.165) is 17.0 Å². The van der Waals surface area contributed by atoms with Crippen molar-refractivity contribution in [3.8, 4) is 0 Å². The molecule has 0 atom stereocenters. The minimum absolute atomic E-state index is 0.0216. The number of amides is 1. The van der Waals surface area contributed by atoms with Gasteiger partial charge in [0.15, 0.2) is 5.17 Å². The molecular formula is C21H16ClF3N4O2S. The second-order valence-electron chi connectivity index (χ2n) is 6.87. The lowest BCUT2D eigenvalue weighted by atomic mass is 10.1. The fourth-order valence-corrected chi connectivity index (χ4v) is 4.19. The van der Waals surface area contributed by atoms with Crippen LogP contribution in [-0.2, 0) is 22.3 Å². The smallest absolute Gasteiger partial charge is 0.362 e. The van der Waals surface area contributed by atoms with Crippen molar-refractivity contribution in [3.05, 3.63) is 69.2 Å². The number of rotatable bonds is 5. The van der Waals surface area contributed by atoms with Crippen molar-refractivity contribution in [3.63, 3.8) is 0 Å². The molecule has 0 bridgehead atoms. The molecule has 166 valence electrons. The van der Waals surface area contributed by atoms with Gasteiger partial charge in [0.25, 0.3) is 5.91 Å². The Morgan fingerprint density at radius 2 is 2.09 bits per heavy atom. The highest BCUT2D eigenvalue weighted by atomic mass is 35.5. The molecule has 1 N–H and O–H groups in total. The molecule has 1 aliphatic heterocycles. The van der Waals surface area contributed by atoms with Gasteiger partial charge in [0.2, 0.25) is 0 Å². The van der Waals surface area contributed by atoms with E-state index >= 15 is 0 Å². The molecule has 1 aromatic heterocycles. The van der Waals surface area contributed by atoms with Crippen molar-refractivity contribution in [1.82, 2.24) is 15.1 Å². The van der Waals surface area contributed by atoms with Crippen molar-refractivity contribution >= 4 is 51.4 Å².